The average Bonchev–Trinajstić information content (AvgIpc) is 2.92. The van der Waals surface area contributed by atoms with Crippen molar-refractivity contribution in [2.24, 2.45) is 5.41 Å². The van der Waals surface area contributed by atoms with Crippen LogP contribution in [-0.4, -0.2) is 19.6 Å². The molecular weight excluding hydrogens is 232 g/mol. The summed E-state index contributed by atoms with van der Waals surface area (Å²) in [5, 5.41) is 3.55. The molecule has 0 unspecified atom stereocenters. The van der Waals surface area contributed by atoms with E-state index in [4.69, 9.17) is 0 Å². The van der Waals surface area contributed by atoms with Crippen LogP contribution < -0.4 is 10.2 Å². The van der Waals surface area contributed by atoms with Gasteiger partial charge < -0.3 is 10.2 Å². The Kier molecular flexibility index (Phi) is 3.42. The van der Waals surface area contributed by atoms with Crippen molar-refractivity contribution < 1.29 is 0 Å². The van der Waals surface area contributed by atoms with Crippen molar-refractivity contribution in [3.63, 3.8) is 0 Å². The number of nitrogens with zero attached hydrogens (tertiary/aromatic N) is 1. The molecule has 2 heteroatoms. The van der Waals surface area contributed by atoms with Gasteiger partial charge in [-0.1, -0.05) is 19.9 Å². The van der Waals surface area contributed by atoms with Crippen molar-refractivity contribution in [1.82, 2.24) is 0 Å². The summed E-state index contributed by atoms with van der Waals surface area (Å²) >= 11 is 0. The lowest BCUT2D eigenvalue weighted by atomic mass is 9.82. The van der Waals surface area contributed by atoms with Gasteiger partial charge in [0.05, 0.1) is 0 Å². The minimum atomic E-state index is 0.559. The van der Waals surface area contributed by atoms with E-state index in [1.54, 1.807) is 0 Å². The van der Waals surface area contributed by atoms with Crippen LogP contribution in [0.1, 0.15) is 45.1 Å². The minimum absolute atomic E-state index is 0.559. The lowest BCUT2D eigenvalue weighted by Crippen LogP contribution is -2.26. The maximum Gasteiger partial charge on any atom is 0.0393 e. The molecule has 1 N–H and O–H groups in total. The minimum Gasteiger partial charge on any atom is -0.385 e. The van der Waals surface area contributed by atoms with E-state index in [1.165, 1.54) is 62.1 Å². The molecule has 3 rings (SSSR count). The van der Waals surface area contributed by atoms with E-state index in [0.717, 1.165) is 6.54 Å². The van der Waals surface area contributed by atoms with Crippen molar-refractivity contribution in [3.05, 3.63) is 23.8 Å². The van der Waals surface area contributed by atoms with Crippen molar-refractivity contribution in [2.45, 2.75) is 46.0 Å². The van der Waals surface area contributed by atoms with Gasteiger partial charge in [-0.2, -0.15) is 0 Å². The molecule has 0 aromatic heterocycles. The van der Waals surface area contributed by atoms with E-state index in [2.05, 4.69) is 42.3 Å². The zero-order valence-corrected chi connectivity index (χ0v) is 12.3. The van der Waals surface area contributed by atoms with Gasteiger partial charge in [0, 0.05) is 31.0 Å². The molecule has 2 aliphatic rings. The third kappa shape index (κ3) is 2.33. The highest BCUT2D eigenvalue weighted by molar-refractivity contribution is 5.63. The van der Waals surface area contributed by atoms with Gasteiger partial charge in [-0.05, 0) is 55.2 Å². The van der Waals surface area contributed by atoms with E-state index in [9.17, 15) is 0 Å². The van der Waals surface area contributed by atoms with Crippen LogP contribution in [0.2, 0.25) is 0 Å². The molecular formula is C17H26N2. The molecule has 0 atom stereocenters. The standard InChI is InChI=1S/C17H26N2/c1-3-17(4-2)9-11-19(13-17)15-8-7-14-6-5-10-18-16(14)12-15/h7-8,12,18H,3-6,9-11,13H2,1-2H3. The first-order valence-corrected chi connectivity index (χ1v) is 7.88. The van der Waals surface area contributed by atoms with Gasteiger partial charge in [0.25, 0.3) is 0 Å². The number of fused-ring (bicyclic) bond motifs is 1. The Balaban J connectivity index is 1.80. The molecule has 0 aliphatic carbocycles. The Labute approximate surface area is 117 Å². The molecule has 0 radical (unpaired) electrons. The predicted octanol–water partition coefficient (Wildman–Crippen LogP) is 4.06. The molecule has 2 heterocycles. The topological polar surface area (TPSA) is 15.3 Å². The molecule has 1 aromatic rings. The van der Waals surface area contributed by atoms with Crippen LogP contribution in [0.5, 0.6) is 0 Å². The molecule has 19 heavy (non-hydrogen) atoms. The third-order valence-electron chi connectivity index (χ3n) is 5.34. The third-order valence-corrected chi connectivity index (χ3v) is 5.34. The fraction of sp³-hybridized carbons (Fsp3) is 0.647. The van der Waals surface area contributed by atoms with Crippen LogP contribution in [0, 0.1) is 5.41 Å². The summed E-state index contributed by atoms with van der Waals surface area (Å²) in [5.41, 5.74) is 4.83. The Morgan fingerprint density at radius 2 is 2.11 bits per heavy atom. The largest absolute Gasteiger partial charge is 0.385 e. The first-order chi connectivity index (χ1) is 9.26. The van der Waals surface area contributed by atoms with Gasteiger partial charge in [0.15, 0.2) is 0 Å². The smallest absolute Gasteiger partial charge is 0.0393 e. The molecule has 2 aliphatic heterocycles. The molecule has 0 bridgehead atoms. The summed E-state index contributed by atoms with van der Waals surface area (Å²) in [6.45, 7) is 8.28. The number of hydrogen-bond acceptors (Lipinski definition) is 2. The highest BCUT2D eigenvalue weighted by Crippen LogP contribution is 2.40. The van der Waals surface area contributed by atoms with Crippen LogP contribution in [0.3, 0.4) is 0 Å². The van der Waals surface area contributed by atoms with Gasteiger partial charge in [-0.3, -0.25) is 0 Å². The van der Waals surface area contributed by atoms with Crippen LogP contribution in [0.15, 0.2) is 18.2 Å². The maximum atomic E-state index is 3.55. The zero-order chi connectivity index (χ0) is 13.3. The van der Waals surface area contributed by atoms with Crippen molar-refractivity contribution in [2.75, 3.05) is 29.9 Å². The molecule has 0 amide bonds. The lowest BCUT2D eigenvalue weighted by Gasteiger charge is -2.28. The quantitative estimate of drug-likeness (QED) is 0.879. The van der Waals surface area contributed by atoms with Crippen molar-refractivity contribution in [1.29, 1.82) is 0 Å². The van der Waals surface area contributed by atoms with Gasteiger partial charge >= 0.3 is 0 Å². The fourth-order valence-corrected chi connectivity index (χ4v) is 3.63. The van der Waals surface area contributed by atoms with Gasteiger partial charge in [-0.25, -0.2) is 0 Å². The summed E-state index contributed by atoms with van der Waals surface area (Å²) in [6, 6.07) is 7.03. The van der Waals surface area contributed by atoms with E-state index in [-0.39, 0.29) is 0 Å². The first-order valence-electron chi connectivity index (χ1n) is 7.88. The van der Waals surface area contributed by atoms with Crippen LogP contribution in [0.25, 0.3) is 0 Å². The average molecular weight is 258 g/mol. The second kappa shape index (κ2) is 5.07. The van der Waals surface area contributed by atoms with Crippen molar-refractivity contribution >= 4 is 11.4 Å². The van der Waals surface area contributed by atoms with Crippen LogP contribution >= 0.6 is 0 Å². The predicted molar refractivity (Wildman–Crippen MR) is 83.1 cm³/mol. The van der Waals surface area contributed by atoms with Crippen molar-refractivity contribution in [3.8, 4) is 0 Å². The SMILES string of the molecule is CCC1(CC)CCN(c2ccc3c(c2)NCCC3)C1. The number of anilines is 2. The maximum absolute atomic E-state index is 3.55. The zero-order valence-electron chi connectivity index (χ0n) is 12.3. The number of nitrogens with one attached hydrogen (secondary N) is 1. The second-order valence-electron chi connectivity index (χ2n) is 6.25. The number of hydrogen-bond donors (Lipinski definition) is 1. The van der Waals surface area contributed by atoms with Crippen LogP contribution in [0.4, 0.5) is 11.4 Å². The second-order valence-corrected chi connectivity index (χ2v) is 6.25. The molecule has 2 nitrogen and oxygen atoms in total. The first kappa shape index (κ1) is 12.8. The summed E-state index contributed by atoms with van der Waals surface area (Å²) in [5.74, 6) is 0. The summed E-state index contributed by atoms with van der Waals surface area (Å²) in [7, 11) is 0. The molecule has 1 fully saturated rings. The normalized spacial score (nSPS) is 21.1. The summed E-state index contributed by atoms with van der Waals surface area (Å²) in [6.07, 6.45) is 6.47. The van der Waals surface area contributed by atoms with E-state index in [0.29, 0.717) is 5.41 Å². The molecule has 1 aromatic carbocycles. The molecule has 1 saturated heterocycles. The van der Waals surface area contributed by atoms with Crippen LogP contribution in [-0.2, 0) is 6.42 Å². The lowest BCUT2D eigenvalue weighted by molar-refractivity contribution is 0.301. The van der Waals surface area contributed by atoms with E-state index in [1.807, 2.05) is 0 Å². The monoisotopic (exact) mass is 258 g/mol. The highest BCUT2D eigenvalue weighted by Gasteiger charge is 2.35. The molecule has 0 saturated carbocycles. The number of rotatable bonds is 3. The Bertz CT molecular complexity index is 449. The summed E-state index contributed by atoms with van der Waals surface area (Å²) < 4.78 is 0. The van der Waals surface area contributed by atoms with Gasteiger partial charge in [0.1, 0.15) is 0 Å². The van der Waals surface area contributed by atoms with Gasteiger partial charge in [-0.15, -0.1) is 0 Å². The van der Waals surface area contributed by atoms with E-state index < -0.39 is 0 Å². The Morgan fingerprint density at radius 1 is 1.26 bits per heavy atom. The van der Waals surface area contributed by atoms with E-state index >= 15 is 0 Å². The molecule has 104 valence electrons. The van der Waals surface area contributed by atoms with Gasteiger partial charge in [0.2, 0.25) is 0 Å². The summed E-state index contributed by atoms with van der Waals surface area (Å²) in [4.78, 5) is 2.59. The highest BCUT2D eigenvalue weighted by atomic mass is 15.2. The molecule has 0 spiro atoms. The number of benzene rings is 1. The Morgan fingerprint density at radius 3 is 2.84 bits per heavy atom. The number of aryl methyl sites for hydroxylation is 1. The fourth-order valence-electron chi connectivity index (χ4n) is 3.63. The Hall–Kier alpha value is -1.18.